The molecule has 1 aromatic rings. The van der Waals surface area contributed by atoms with Crippen LogP contribution in [0.3, 0.4) is 0 Å². The smallest absolute Gasteiger partial charge is 0.354 e. The SMILES string of the molecule is Nc1ncn([C@@H]2OC[C@@H](O)[C@@H](O)[C@H]2O)c(=O)n1. The minimum Gasteiger partial charge on any atom is -0.388 e. The molecule has 1 saturated heterocycles. The zero-order chi connectivity index (χ0) is 12.6. The molecule has 0 aliphatic carbocycles. The number of nitrogens with two attached hydrogens (primary N) is 1. The maximum atomic E-state index is 11.5. The Morgan fingerprint density at radius 1 is 1.41 bits per heavy atom. The Kier molecular flexibility index (Phi) is 3.07. The van der Waals surface area contributed by atoms with Gasteiger partial charge in [0.1, 0.15) is 24.6 Å². The molecule has 0 spiro atoms. The molecule has 0 bridgehead atoms. The largest absolute Gasteiger partial charge is 0.388 e. The van der Waals surface area contributed by atoms with Crippen LogP contribution >= 0.6 is 0 Å². The van der Waals surface area contributed by atoms with E-state index in [4.69, 9.17) is 10.5 Å². The summed E-state index contributed by atoms with van der Waals surface area (Å²) in [5.74, 6) is -0.197. The summed E-state index contributed by atoms with van der Waals surface area (Å²) in [7, 11) is 0. The quantitative estimate of drug-likeness (QED) is 0.405. The Balaban J connectivity index is 2.31. The van der Waals surface area contributed by atoms with Crippen molar-refractivity contribution >= 4 is 5.95 Å². The van der Waals surface area contributed by atoms with E-state index >= 15 is 0 Å². The van der Waals surface area contributed by atoms with E-state index in [1.807, 2.05) is 0 Å². The maximum Gasteiger partial charge on any atom is 0.354 e. The van der Waals surface area contributed by atoms with Crippen molar-refractivity contribution in [3.63, 3.8) is 0 Å². The van der Waals surface area contributed by atoms with Crippen LogP contribution in [0, 0.1) is 0 Å². The number of aromatic nitrogens is 3. The van der Waals surface area contributed by atoms with E-state index in [1.165, 1.54) is 0 Å². The van der Waals surface area contributed by atoms with Crippen LogP contribution in [0.2, 0.25) is 0 Å². The van der Waals surface area contributed by atoms with Crippen molar-refractivity contribution in [3.8, 4) is 0 Å². The fourth-order valence-corrected chi connectivity index (χ4v) is 1.57. The summed E-state index contributed by atoms with van der Waals surface area (Å²) in [6.45, 7) is -0.209. The standard InChI is InChI=1S/C8H12N4O5/c9-7-10-2-12(8(16)11-7)6-5(15)4(14)3(13)1-17-6/h2-6,13-15H,1H2,(H2,9,11,16)/t3-,4-,5-,6-/m1/s1. The molecule has 9 nitrogen and oxygen atoms in total. The van der Waals surface area contributed by atoms with E-state index < -0.39 is 30.2 Å². The Morgan fingerprint density at radius 3 is 2.76 bits per heavy atom. The minimum atomic E-state index is -1.45. The molecule has 9 heteroatoms. The van der Waals surface area contributed by atoms with Gasteiger partial charge in [-0.05, 0) is 0 Å². The monoisotopic (exact) mass is 244 g/mol. The van der Waals surface area contributed by atoms with E-state index in [0.717, 1.165) is 10.9 Å². The van der Waals surface area contributed by atoms with Crippen LogP contribution in [0.25, 0.3) is 0 Å². The van der Waals surface area contributed by atoms with Crippen LogP contribution in [-0.4, -0.2) is 54.8 Å². The van der Waals surface area contributed by atoms with Crippen LogP contribution in [0.5, 0.6) is 0 Å². The number of hydrogen-bond donors (Lipinski definition) is 4. The zero-order valence-corrected chi connectivity index (χ0v) is 8.67. The van der Waals surface area contributed by atoms with Crippen LogP contribution in [0.4, 0.5) is 5.95 Å². The van der Waals surface area contributed by atoms with Gasteiger partial charge in [0.15, 0.2) is 6.23 Å². The van der Waals surface area contributed by atoms with Gasteiger partial charge in [0, 0.05) is 0 Å². The van der Waals surface area contributed by atoms with Crippen molar-refractivity contribution in [2.75, 3.05) is 12.3 Å². The molecule has 0 unspecified atom stereocenters. The normalized spacial score (nSPS) is 33.6. The molecule has 0 amide bonds. The first kappa shape index (κ1) is 11.9. The molecule has 0 aromatic carbocycles. The third-order valence-corrected chi connectivity index (χ3v) is 2.49. The van der Waals surface area contributed by atoms with Crippen LogP contribution in [0.1, 0.15) is 6.23 Å². The maximum absolute atomic E-state index is 11.5. The lowest BCUT2D eigenvalue weighted by molar-refractivity contribution is -0.212. The van der Waals surface area contributed by atoms with E-state index in [-0.39, 0.29) is 12.6 Å². The van der Waals surface area contributed by atoms with Crippen LogP contribution < -0.4 is 11.4 Å². The molecule has 5 N–H and O–H groups in total. The highest BCUT2D eigenvalue weighted by Crippen LogP contribution is 2.22. The van der Waals surface area contributed by atoms with Gasteiger partial charge in [-0.15, -0.1) is 0 Å². The molecule has 94 valence electrons. The van der Waals surface area contributed by atoms with E-state index in [1.54, 1.807) is 0 Å². The molecule has 1 aliphatic rings. The Morgan fingerprint density at radius 2 is 2.12 bits per heavy atom. The first-order valence-electron chi connectivity index (χ1n) is 4.87. The summed E-state index contributed by atoms with van der Waals surface area (Å²) in [6.07, 6.45) is -4.15. The van der Waals surface area contributed by atoms with Gasteiger partial charge in [0.25, 0.3) is 0 Å². The number of aliphatic hydroxyl groups is 3. The third kappa shape index (κ3) is 2.13. The molecule has 1 aliphatic heterocycles. The lowest BCUT2D eigenvalue weighted by Crippen LogP contribution is -2.52. The number of nitrogens with zero attached hydrogens (tertiary/aromatic N) is 3. The molecule has 4 atom stereocenters. The van der Waals surface area contributed by atoms with Gasteiger partial charge in [-0.25, -0.2) is 9.78 Å². The fourth-order valence-electron chi connectivity index (χ4n) is 1.57. The number of rotatable bonds is 1. The molecular formula is C8H12N4O5. The topological polar surface area (TPSA) is 144 Å². The summed E-state index contributed by atoms with van der Waals surface area (Å²) in [4.78, 5) is 18.4. The average molecular weight is 244 g/mol. The summed E-state index contributed by atoms with van der Waals surface area (Å²) in [5.41, 5.74) is 4.45. The van der Waals surface area contributed by atoms with Crippen molar-refractivity contribution < 1.29 is 20.1 Å². The van der Waals surface area contributed by atoms with Gasteiger partial charge in [-0.2, -0.15) is 4.98 Å². The summed E-state index contributed by atoms with van der Waals surface area (Å²) in [5, 5.41) is 28.4. The van der Waals surface area contributed by atoms with Crippen LogP contribution in [0.15, 0.2) is 11.1 Å². The first-order valence-corrected chi connectivity index (χ1v) is 4.87. The predicted molar refractivity (Wildman–Crippen MR) is 53.7 cm³/mol. The highest BCUT2D eigenvalue weighted by Gasteiger charge is 2.39. The van der Waals surface area contributed by atoms with Crippen molar-refractivity contribution in [1.82, 2.24) is 14.5 Å². The van der Waals surface area contributed by atoms with Gasteiger partial charge in [-0.1, -0.05) is 0 Å². The van der Waals surface area contributed by atoms with Gasteiger partial charge in [0.05, 0.1) is 6.61 Å². The Bertz CT molecular complexity index is 463. The lowest BCUT2D eigenvalue weighted by atomic mass is 10.0. The molecule has 17 heavy (non-hydrogen) atoms. The number of ether oxygens (including phenoxy) is 1. The van der Waals surface area contributed by atoms with E-state index in [0.29, 0.717) is 0 Å². The fraction of sp³-hybridized carbons (Fsp3) is 0.625. The third-order valence-electron chi connectivity index (χ3n) is 2.49. The number of nitrogen functional groups attached to an aromatic ring is 1. The summed E-state index contributed by atoms with van der Waals surface area (Å²) in [6, 6.07) is 0. The summed E-state index contributed by atoms with van der Waals surface area (Å²) >= 11 is 0. The number of hydrogen-bond acceptors (Lipinski definition) is 8. The van der Waals surface area contributed by atoms with E-state index in [9.17, 15) is 20.1 Å². The van der Waals surface area contributed by atoms with Crippen molar-refractivity contribution in [3.05, 3.63) is 16.8 Å². The first-order chi connectivity index (χ1) is 8.00. The Hall–Kier alpha value is -1.55. The molecule has 0 radical (unpaired) electrons. The minimum absolute atomic E-state index is 0.197. The van der Waals surface area contributed by atoms with Gasteiger partial charge < -0.3 is 25.8 Å². The average Bonchev–Trinajstić information content (AvgIpc) is 2.28. The van der Waals surface area contributed by atoms with Gasteiger partial charge in [-0.3, -0.25) is 4.57 Å². The zero-order valence-electron chi connectivity index (χ0n) is 8.67. The van der Waals surface area contributed by atoms with Crippen LogP contribution in [-0.2, 0) is 4.74 Å². The highest BCUT2D eigenvalue weighted by molar-refractivity contribution is 5.10. The highest BCUT2D eigenvalue weighted by atomic mass is 16.5. The molecule has 2 heterocycles. The van der Waals surface area contributed by atoms with E-state index in [2.05, 4.69) is 9.97 Å². The number of aliphatic hydroxyl groups excluding tert-OH is 3. The molecule has 1 aromatic heterocycles. The second-order valence-corrected chi connectivity index (χ2v) is 3.68. The molecular weight excluding hydrogens is 232 g/mol. The molecule has 1 fully saturated rings. The predicted octanol–water partition coefficient (Wildman–Crippen LogP) is -3.17. The molecule has 2 rings (SSSR count). The van der Waals surface area contributed by atoms with Gasteiger partial charge >= 0.3 is 5.69 Å². The second kappa shape index (κ2) is 4.37. The van der Waals surface area contributed by atoms with Gasteiger partial charge in [0.2, 0.25) is 5.95 Å². The lowest BCUT2D eigenvalue weighted by Gasteiger charge is -2.35. The van der Waals surface area contributed by atoms with Crippen molar-refractivity contribution in [2.45, 2.75) is 24.5 Å². The molecule has 0 saturated carbocycles. The summed E-state index contributed by atoms with van der Waals surface area (Å²) < 4.78 is 5.96. The van der Waals surface area contributed by atoms with Crippen molar-refractivity contribution in [2.24, 2.45) is 0 Å². The second-order valence-electron chi connectivity index (χ2n) is 3.68. The Labute approximate surface area is 95.1 Å². The number of anilines is 1. The van der Waals surface area contributed by atoms with Crippen molar-refractivity contribution in [1.29, 1.82) is 0 Å².